The molecule has 0 aliphatic heterocycles. The molecule has 1 amide bonds. The summed E-state index contributed by atoms with van der Waals surface area (Å²) in [7, 11) is -0.782. The molecule has 0 fully saturated rings. The van der Waals surface area contributed by atoms with Gasteiger partial charge in [0.25, 0.3) is 5.91 Å². The van der Waals surface area contributed by atoms with E-state index in [1.807, 2.05) is 42.5 Å². The maximum Gasteiger partial charge on any atom is 0.338 e. The second kappa shape index (κ2) is 9.76. The van der Waals surface area contributed by atoms with Gasteiger partial charge in [0.05, 0.1) is 10.5 Å². The van der Waals surface area contributed by atoms with Crippen LogP contribution in [0.4, 0.5) is 5.69 Å². The summed E-state index contributed by atoms with van der Waals surface area (Å²) in [5, 5.41) is 2.56. The zero-order chi connectivity index (χ0) is 23.3. The number of nitrogens with zero attached hydrogens (tertiary/aromatic N) is 1. The van der Waals surface area contributed by atoms with Crippen LogP contribution in [0.25, 0.3) is 11.1 Å². The zero-order valence-corrected chi connectivity index (χ0v) is 18.8. The van der Waals surface area contributed by atoms with Gasteiger partial charge < -0.3 is 10.1 Å². The SMILES string of the molecule is Cc1ccc(NC(=O)COC(=O)c2ccc(-c3ccccc3)cc2)cc1S(=O)(=O)N(C)C. The van der Waals surface area contributed by atoms with E-state index < -0.39 is 28.5 Å². The third-order valence-electron chi connectivity index (χ3n) is 4.79. The monoisotopic (exact) mass is 452 g/mol. The number of esters is 1. The van der Waals surface area contributed by atoms with Crippen LogP contribution in [-0.4, -0.2) is 45.3 Å². The summed E-state index contributed by atoms with van der Waals surface area (Å²) in [4.78, 5) is 24.6. The number of carbonyl (C=O) groups excluding carboxylic acids is 2. The van der Waals surface area contributed by atoms with Crippen LogP contribution in [0.1, 0.15) is 15.9 Å². The molecule has 7 nitrogen and oxygen atoms in total. The first-order chi connectivity index (χ1) is 15.2. The van der Waals surface area contributed by atoms with E-state index in [0.29, 0.717) is 16.8 Å². The number of aryl methyl sites for hydroxylation is 1. The van der Waals surface area contributed by atoms with Crippen LogP contribution in [0.15, 0.2) is 77.7 Å². The van der Waals surface area contributed by atoms with E-state index in [4.69, 9.17) is 4.74 Å². The first-order valence-electron chi connectivity index (χ1n) is 9.84. The van der Waals surface area contributed by atoms with Gasteiger partial charge in [0.15, 0.2) is 6.61 Å². The van der Waals surface area contributed by atoms with Crippen LogP contribution in [-0.2, 0) is 19.6 Å². The molecule has 0 heterocycles. The predicted octanol–water partition coefficient (Wildman–Crippen LogP) is 3.71. The van der Waals surface area contributed by atoms with Gasteiger partial charge in [0, 0.05) is 19.8 Å². The second-order valence-electron chi connectivity index (χ2n) is 7.34. The Morgan fingerprint density at radius 2 is 1.53 bits per heavy atom. The predicted molar refractivity (Wildman–Crippen MR) is 123 cm³/mol. The lowest BCUT2D eigenvalue weighted by Gasteiger charge is -2.15. The van der Waals surface area contributed by atoms with Gasteiger partial charge in [0.2, 0.25) is 10.0 Å². The lowest BCUT2D eigenvalue weighted by atomic mass is 10.0. The molecule has 166 valence electrons. The summed E-state index contributed by atoms with van der Waals surface area (Å²) in [6.45, 7) is 1.18. The number of carbonyl (C=O) groups is 2. The molecule has 0 bridgehead atoms. The largest absolute Gasteiger partial charge is 0.452 e. The third kappa shape index (κ3) is 5.40. The number of hydrogen-bond donors (Lipinski definition) is 1. The maximum absolute atomic E-state index is 12.4. The summed E-state index contributed by atoms with van der Waals surface area (Å²) >= 11 is 0. The third-order valence-corrected chi connectivity index (χ3v) is 6.75. The maximum atomic E-state index is 12.4. The van der Waals surface area contributed by atoms with E-state index in [1.54, 1.807) is 31.2 Å². The number of anilines is 1. The zero-order valence-electron chi connectivity index (χ0n) is 18.0. The van der Waals surface area contributed by atoms with E-state index in [-0.39, 0.29) is 4.90 Å². The van der Waals surface area contributed by atoms with Crippen molar-refractivity contribution in [3.8, 4) is 11.1 Å². The molecule has 3 rings (SSSR count). The molecule has 0 aliphatic carbocycles. The van der Waals surface area contributed by atoms with Gasteiger partial charge in [-0.05, 0) is 47.9 Å². The molecule has 0 spiro atoms. The van der Waals surface area contributed by atoms with Gasteiger partial charge >= 0.3 is 5.97 Å². The number of sulfonamides is 1. The van der Waals surface area contributed by atoms with E-state index in [1.165, 1.54) is 20.2 Å². The summed E-state index contributed by atoms with van der Waals surface area (Å²) in [6, 6.07) is 21.2. The number of amides is 1. The highest BCUT2D eigenvalue weighted by Gasteiger charge is 2.20. The Morgan fingerprint density at radius 1 is 0.906 bits per heavy atom. The minimum atomic E-state index is -3.65. The van der Waals surface area contributed by atoms with Crippen molar-refractivity contribution in [3.05, 3.63) is 83.9 Å². The summed E-state index contributed by atoms with van der Waals surface area (Å²) in [5.41, 5.74) is 3.17. The molecule has 0 atom stereocenters. The Balaban J connectivity index is 1.61. The summed E-state index contributed by atoms with van der Waals surface area (Å²) in [5.74, 6) is -1.20. The molecule has 0 unspecified atom stereocenters. The van der Waals surface area contributed by atoms with Gasteiger partial charge in [0.1, 0.15) is 0 Å². The standard InChI is InChI=1S/C24H24N2O5S/c1-17-9-14-21(15-22(17)32(29,30)26(2)3)25-23(27)16-31-24(28)20-12-10-19(11-13-20)18-7-5-4-6-8-18/h4-15H,16H2,1-3H3,(H,25,27). The molecule has 0 aromatic heterocycles. The minimum Gasteiger partial charge on any atom is -0.452 e. The molecule has 0 saturated heterocycles. The molecule has 1 N–H and O–H groups in total. The van der Waals surface area contributed by atoms with Gasteiger partial charge in [-0.15, -0.1) is 0 Å². The fourth-order valence-corrected chi connectivity index (χ4v) is 4.14. The molecular formula is C24H24N2O5S. The van der Waals surface area contributed by atoms with Gasteiger partial charge in [-0.3, -0.25) is 4.79 Å². The highest BCUT2D eigenvalue weighted by atomic mass is 32.2. The van der Waals surface area contributed by atoms with Crippen molar-refractivity contribution in [2.24, 2.45) is 0 Å². The second-order valence-corrected chi connectivity index (χ2v) is 9.46. The fourth-order valence-electron chi connectivity index (χ4n) is 2.99. The Hall–Kier alpha value is -3.49. The first-order valence-corrected chi connectivity index (χ1v) is 11.3. The highest BCUT2D eigenvalue weighted by molar-refractivity contribution is 7.89. The molecule has 8 heteroatoms. The van der Waals surface area contributed by atoms with Crippen LogP contribution in [0.3, 0.4) is 0 Å². The smallest absolute Gasteiger partial charge is 0.338 e. The van der Waals surface area contributed by atoms with Gasteiger partial charge in [-0.2, -0.15) is 0 Å². The molecule has 0 aliphatic rings. The lowest BCUT2D eigenvalue weighted by Crippen LogP contribution is -2.24. The van der Waals surface area contributed by atoms with Crippen LogP contribution in [0, 0.1) is 6.92 Å². The molecule has 3 aromatic carbocycles. The number of rotatable bonds is 7. The van der Waals surface area contributed by atoms with Crippen molar-refractivity contribution in [1.29, 1.82) is 0 Å². The number of hydrogen-bond acceptors (Lipinski definition) is 5. The average Bonchev–Trinajstić information content (AvgIpc) is 2.79. The van der Waals surface area contributed by atoms with Crippen LogP contribution in [0.5, 0.6) is 0 Å². The Bertz CT molecular complexity index is 1220. The van der Waals surface area contributed by atoms with Crippen LogP contribution >= 0.6 is 0 Å². The lowest BCUT2D eigenvalue weighted by molar-refractivity contribution is -0.119. The van der Waals surface area contributed by atoms with Crippen LogP contribution < -0.4 is 5.32 Å². The molecule has 0 saturated carbocycles. The van der Waals surface area contributed by atoms with E-state index in [0.717, 1.165) is 15.4 Å². The number of ether oxygens (including phenoxy) is 1. The summed E-state index contributed by atoms with van der Waals surface area (Å²) < 4.78 is 31.0. The van der Waals surface area contributed by atoms with Gasteiger partial charge in [-0.1, -0.05) is 48.5 Å². The van der Waals surface area contributed by atoms with E-state index in [9.17, 15) is 18.0 Å². The quantitative estimate of drug-likeness (QED) is 0.552. The molecule has 0 radical (unpaired) electrons. The summed E-state index contributed by atoms with van der Waals surface area (Å²) in [6.07, 6.45) is 0. The Morgan fingerprint density at radius 3 is 2.16 bits per heavy atom. The van der Waals surface area contributed by atoms with E-state index >= 15 is 0 Å². The molecule has 3 aromatic rings. The Kier molecular flexibility index (Phi) is 7.07. The van der Waals surface area contributed by atoms with E-state index in [2.05, 4.69) is 5.32 Å². The number of benzene rings is 3. The fraction of sp³-hybridized carbons (Fsp3) is 0.167. The van der Waals surface area contributed by atoms with Crippen LogP contribution in [0.2, 0.25) is 0 Å². The first kappa shape index (κ1) is 23.2. The molecular weight excluding hydrogens is 428 g/mol. The topological polar surface area (TPSA) is 92.8 Å². The highest BCUT2D eigenvalue weighted by Crippen LogP contribution is 2.23. The number of nitrogens with one attached hydrogen (secondary N) is 1. The molecule has 32 heavy (non-hydrogen) atoms. The Labute approximate surface area is 187 Å². The van der Waals surface area contributed by atoms with Crippen molar-refractivity contribution in [1.82, 2.24) is 4.31 Å². The van der Waals surface area contributed by atoms with Gasteiger partial charge in [-0.25, -0.2) is 17.5 Å². The van der Waals surface area contributed by atoms with Crippen molar-refractivity contribution in [2.45, 2.75) is 11.8 Å². The van der Waals surface area contributed by atoms with Crippen molar-refractivity contribution in [2.75, 3.05) is 26.0 Å². The van der Waals surface area contributed by atoms with Crippen molar-refractivity contribution < 1.29 is 22.7 Å². The van der Waals surface area contributed by atoms with Crippen molar-refractivity contribution >= 4 is 27.6 Å². The minimum absolute atomic E-state index is 0.0933. The van der Waals surface area contributed by atoms with Crippen molar-refractivity contribution in [3.63, 3.8) is 0 Å². The normalized spacial score (nSPS) is 11.2. The average molecular weight is 453 g/mol.